The van der Waals surface area contributed by atoms with E-state index in [4.69, 9.17) is 32.9 Å². The standard InChI is InChI=1S/C26H22Cl2N6O2/c27-19-9-5-17(6-10-19)23-31-35-25(21-3-1-13-29-21)33(23)15-16-34-24(18-7-11-20(28)12-8-18)32-36-26(34)22-4-2-14-30-22/h1-14,25-26,29-30H,15-16H2. The summed E-state index contributed by atoms with van der Waals surface area (Å²) >= 11 is 12.3. The van der Waals surface area contributed by atoms with Gasteiger partial charge in [0.2, 0.25) is 12.5 Å². The number of H-pyrrole nitrogens is 2. The Kier molecular flexibility index (Phi) is 6.04. The number of halogens is 2. The van der Waals surface area contributed by atoms with Crippen molar-refractivity contribution >= 4 is 34.9 Å². The van der Waals surface area contributed by atoms with Gasteiger partial charge in [-0.15, -0.1) is 0 Å². The van der Waals surface area contributed by atoms with Crippen molar-refractivity contribution in [1.82, 2.24) is 19.8 Å². The molecule has 0 aliphatic carbocycles. The summed E-state index contributed by atoms with van der Waals surface area (Å²) in [5.74, 6) is 1.46. The maximum absolute atomic E-state index is 6.13. The van der Waals surface area contributed by atoms with E-state index in [2.05, 4.69) is 30.1 Å². The lowest BCUT2D eigenvalue weighted by Crippen LogP contribution is -2.41. The van der Waals surface area contributed by atoms with Crippen LogP contribution in [0, 0.1) is 0 Å². The predicted octanol–water partition coefficient (Wildman–Crippen LogP) is 5.74. The van der Waals surface area contributed by atoms with Crippen molar-refractivity contribution in [3.8, 4) is 0 Å². The highest BCUT2D eigenvalue weighted by atomic mass is 35.5. The Balaban J connectivity index is 1.30. The summed E-state index contributed by atoms with van der Waals surface area (Å²) in [6.45, 7) is 1.16. The number of aromatic nitrogens is 2. The van der Waals surface area contributed by atoms with Crippen LogP contribution in [0.5, 0.6) is 0 Å². The molecule has 2 aromatic carbocycles. The molecule has 2 aromatic heterocycles. The van der Waals surface area contributed by atoms with Crippen molar-refractivity contribution in [1.29, 1.82) is 0 Å². The first-order valence-corrected chi connectivity index (χ1v) is 12.2. The molecule has 0 amide bonds. The molecule has 2 N–H and O–H groups in total. The van der Waals surface area contributed by atoms with Gasteiger partial charge in [-0.25, -0.2) is 0 Å². The molecule has 2 aliphatic rings. The first-order valence-electron chi connectivity index (χ1n) is 11.5. The zero-order valence-corrected chi connectivity index (χ0v) is 20.5. The molecular formula is C26H22Cl2N6O2. The van der Waals surface area contributed by atoms with Crippen LogP contribution in [-0.4, -0.2) is 44.5 Å². The molecule has 4 aromatic rings. The van der Waals surface area contributed by atoms with E-state index in [1.165, 1.54) is 0 Å². The Morgan fingerprint density at radius 3 is 1.42 bits per heavy atom. The fourth-order valence-electron chi connectivity index (χ4n) is 4.38. The number of nitrogens with zero attached hydrogens (tertiary/aromatic N) is 4. The lowest BCUT2D eigenvalue weighted by atomic mass is 10.1. The van der Waals surface area contributed by atoms with E-state index in [0.29, 0.717) is 23.1 Å². The smallest absolute Gasteiger partial charge is 0.242 e. The van der Waals surface area contributed by atoms with Crippen molar-refractivity contribution in [3.63, 3.8) is 0 Å². The summed E-state index contributed by atoms with van der Waals surface area (Å²) in [5, 5.41) is 10.2. The van der Waals surface area contributed by atoms with E-state index in [-0.39, 0.29) is 0 Å². The summed E-state index contributed by atoms with van der Waals surface area (Å²) in [5.41, 5.74) is 3.65. The topological polar surface area (TPSA) is 81.2 Å². The van der Waals surface area contributed by atoms with Gasteiger partial charge >= 0.3 is 0 Å². The Morgan fingerprint density at radius 1 is 0.639 bits per heavy atom. The zero-order valence-electron chi connectivity index (χ0n) is 19.0. The zero-order chi connectivity index (χ0) is 24.5. The fraction of sp³-hybridized carbons (Fsp3) is 0.154. The van der Waals surface area contributed by atoms with E-state index < -0.39 is 12.5 Å². The number of benzene rings is 2. The van der Waals surface area contributed by atoms with Gasteiger partial charge in [0.25, 0.3) is 0 Å². The van der Waals surface area contributed by atoms with Crippen LogP contribution in [0.15, 0.2) is 95.5 Å². The van der Waals surface area contributed by atoms with Gasteiger partial charge in [0.15, 0.2) is 11.7 Å². The van der Waals surface area contributed by atoms with Crippen LogP contribution in [0.25, 0.3) is 0 Å². The van der Waals surface area contributed by atoms with Crippen molar-refractivity contribution in [3.05, 3.63) is 118 Å². The minimum Gasteiger partial charge on any atom is -0.362 e. The maximum atomic E-state index is 6.13. The highest BCUT2D eigenvalue weighted by molar-refractivity contribution is 6.31. The molecule has 2 aliphatic heterocycles. The second-order valence-corrected chi connectivity index (χ2v) is 9.27. The first-order chi connectivity index (χ1) is 17.7. The second kappa shape index (κ2) is 9.64. The average molecular weight is 521 g/mol. The van der Waals surface area contributed by atoms with E-state index in [0.717, 1.165) is 34.2 Å². The van der Waals surface area contributed by atoms with Crippen LogP contribution in [0.3, 0.4) is 0 Å². The Labute approximate surface area is 217 Å². The van der Waals surface area contributed by atoms with Crippen LogP contribution < -0.4 is 0 Å². The third-order valence-electron chi connectivity index (χ3n) is 6.15. The van der Waals surface area contributed by atoms with Crippen LogP contribution in [0.2, 0.25) is 10.0 Å². The summed E-state index contributed by atoms with van der Waals surface area (Å²) in [4.78, 5) is 22.5. The number of hydrogen-bond donors (Lipinski definition) is 2. The number of aromatic amines is 2. The number of amidine groups is 2. The first kappa shape index (κ1) is 22.6. The lowest BCUT2D eigenvalue weighted by molar-refractivity contribution is -0.0135. The highest BCUT2D eigenvalue weighted by Crippen LogP contribution is 2.33. The van der Waals surface area contributed by atoms with Gasteiger partial charge in [0, 0.05) is 46.7 Å². The van der Waals surface area contributed by atoms with Gasteiger partial charge in [-0.05, 0) is 72.8 Å². The van der Waals surface area contributed by atoms with Crippen LogP contribution in [0.1, 0.15) is 35.0 Å². The molecule has 4 heterocycles. The summed E-state index contributed by atoms with van der Waals surface area (Å²) in [7, 11) is 0. The molecule has 8 nitrogen and oxygen atoms in total. The minimum atomic E-state index is -0.394. The normalized spacial score (nSPS) is 19.2. The molecule has 2 unspecified atom stereocenters. The molecule has 0 radical (unpaired) electrons. The number of oxime groups is 2. The lowest BCUT2D eigenvalue weighted by Gasteiger charge is -2.30. The maximum Gasteiger partial charge on any atom is 0.242 e. The summed E-state index contributed by atoms with van der Waals surface area (Å²) in [6, 6.07) is 23.0. The molecular weight excluding hydrogens is 499 g/mol. The third kappa shape index (κ3) is 4.29. The van der Waals surface area contributed by atoms with Crippen LogP contribution >= 0.6 is 23.2 Å². The molecule has 6 rings (SSSR count). The van der Waals surface area contributed by atoms with Gasteiger partial charge in [-0.3, -0.25) is 0 Å². The number of hydrogen-bond acceptors (Lipinski definition) is 6. The molecule has 0 saturated carbocycles. The minimum absolute atomic E-state index is 0.394. The third-order valence-corrected chi connectivity index (χ3v) is 6.66. The number of nitrogens with one attached hydrogen (secondary N) is 2. The molecule has 2 atom stereocenters. The van der Waals surface area contributed by atoms with Crippen LogP contribution in [0.4, 0.5) is 0 Å². The Hall–Kier alpha value is -3.88. The van der Waals surface area contributed by atoms with E-state index in [9.17, 15) is 0 Å². The van der Waals surface area contributed by atoms with Crippen LogP contribution in [-0.2, 0) is 9.68 Å². The van der Waals surface area contributed by atoms with Gasteiger partial charge in [0.05, 0.1) is 11.4 Å². The number of rotatable bonds is 7. The van der Waals surface area contributed by atoms with E-state index >= 15 is 0 Å². The van der Waals surface area contributed by atoms with Gasteiger partial charge < -0.3 is 29.4 Å². The molecule has 0 spiro atoms. The predicted molar refractivity (Wildman–Crippen MR) is 139 cm³/mol. The Morgan fingerprint density at radius 2 is 1.06 bits per heavy atom. The van der Waals surface area contributed by atoms with E-state index in [1.807, 2.05) is 85.2 Å². The molecule has 0 saturated heterocycles. The fourth-order valence-corrected chi connectivity index (χ4v) is 4.63. The summed E-state index contributed by atoms with van der Waals surface area (Å²) in [6.07, 6.45) is 2.96. The summed E-state index contributed by atoms with van der Waals surface area (Å²) < 4.78 is 0. The highest BCUT2D eigenvalue weighted by Gasteiger charge is 2.37. The molecule has 0 bridgehead atoms. The van der Waals surface area contributed by atoms with Gasteiger partial charge in [0.1, 0.15) is 0 Å². The average Bonchev–Trinajstić information content (AvgIpc) is 3.70. The van der Waals surface area contributed by atoms with Crippen molar-refractivity contribution < 1.29 is 9.68 Å². The monoisotopic (exact) mass is 520 g/mol. The molecule has 10 heteroatoms. The van der Waals surface area contributed by atoms with Crippen molar-refractivity contribution in [2.75, 3.05) is 13.1 Å². The SMILES string of the molecule is Clc1ccc(C2=NOC(c3ccc[nH]3)N2CCN2C(c3ccc(Cl)cc3)=NOC2c2ccc[nH]2)cc1. The van der Waals surface area contributed by atoms with E-state index in [1.54, 1.807) is 0 Å². The van der Waals surface area contributed by atoms with Gasteiger partial charge in [-0.2, -0.15) is 0 Å². The largest absolute Gasteiger partial charge is 0.362 e. The molecule has 0 fully saturated rings. The quantitative estimate of drug-likeness (QED) is 0.325. The van der Waals surface area contributed by atoms with Crippen molar-refractivity contribution in [2.24, 2.45) is 10.3 Å². The Bertz CT molecular complexity index is 1260. The molecule has 36 heavy (non-hydrogen) atoms. The molecule has 182 valence electrons. The van der Waals surface area contributed by atoms with Gasteiger partial charge in [-0.1, -0.05) is 33.5 Å². The van der Waals surface area contributed by atoms with Crippen molar-refractivity contribution in [2.45, 2.75) is 12.5 Å². The second-order valence-electron chi connectivity index (χ2n) is 8.40.